The molecule has 1 N–H and O–H groups in total. The first-order valence-electron chi connectivity index (χ1n) is 8.77. The predicted octanol–water partition coefficient (Wildman–Crippen LogP) is 3.69. The molecule has 26 heavy (non-hydrogen) atoms. The number of ether oxygens (including phenoxy) is 1. The summed E-state index contributed by atoms with van der Waals surface area (Å²) in [6.45, 7) is 4.57. The first-order valence-corrected chi connectivity index (χ1v) is 8.77. The van der Waals surface area contributed by atoms with E-state index in [-0.39, 0.29) is 11.9 Å². The number of carbonyl (C=O) groups excluding carboxylic acids is 1. The third kappa shape index (κ3) is 4.51. The van der Waals surface area contributed by atoms with Crippen molar-refractivity contribution in [3.63, 3.8) is 0 Å². The highest BCUT2D eigenvalue weighted by Gasteiger charge is 2.11. The van der Waals surface area contributed by atoms with Gasteiger partial charge in [-0.3, -0.25) is 4.79 Å². The van der Waals surface area contributed by atoms with Crippen LogP contribution >= 0.6 is 0 Å². The van der Waals surface area contributed by atoms with Gasteiger partial charge < -0.3 is 10.1 Å². The highest BCUT2D eigenvalue weighted by atomic mass is 16.5. The molecule has 0 saturated carbocycles. The zero-order valence-corrected chi connectivity index (χ0v) is 15.1. The zero-order valence-electron chi connectivity index (χ0n) is 15.1. The molecule has 1 heterocycles. The topological polar surface area (TPSA) is 56.1 Å². The molecular formula is C21H23N3O2. The van der Waals surface area contributed by atoms with E-state index < -0.39 is 0 Å². The predicted molar refractivity (Wildman–Crippen MR) is 101 cm³/mol. The molecule has 0 aliphatic heterocycles. The Morgan fingerprint density at radius 2 is 1.88 bits per heavy atom. The van der Waals surface area contributed by atoms with Crippen molar-refractivity contribution in [1.82, 2.24) is 15.1 Å². The quantitative estimate of drug-likeness (QED) is 0.708. The third-order valence-corrected chi connectivity index (χ3v) is 4.09. The summed E-state index contributed by atoms with van der Waals surface area (Å²) in [6, 6.07) is 17.6. The molecule has 5 heteroatoms. The molecule has 0 saturated heterocycles. The number of aromatic nitrogens is 2. The molecule has 3 aromatic rings. The first-order chi connectivity index (χ1) is 12.7. The van der Waals surface area contributed by atoms with Crippen molar-refractivity contribution in [3.8, 4) is 11.4 Å². The second kappa shape index (κ2) is 8.34. The summed E-state index contributed by atoms with van der Waals surface area (Å²) in [6.07, 6.45) is 3.92. The largest absolute Gasteiger partial charge is 0.494 e. The summed E-state index contributed by atoms with van der Waals surface area (Å²) in [5, 5.41) is 7.36. The lowest BCUT2D eigenvalue weighted by Gasteiger charge is -2.14. The Hall–Kier alpha value is -3.08. The minimum absolute atomic E-state index is 0.0287. The van der Waals surface area contributed by atoms with Crippen LogP contribution in [0, 0.1) is 0 Å². The van der Waals surface area contributed by atoms with E-state index in [0.29, 0.717) is 13.0 Å². The number of nitrogens with zero attached hydrogens (tertiary/aromatic N) is 2. The number of hydrogen-bond donors (Lipinski definition) is 1. The molecule has 0 spiro atoms. The summed E-state index contributed by atoms with van der Waals surface area (Å²) in [4.78, 5) is 12.3. The fourth-order valence-electron chi connectivity index (χ4n) is 2.75. The van der Waals surface area contributed by atoms with E-state index in [2.05, 4.69) is 10.4 Å². The molecular weight excluding hydrogens is 326 g/mol. The minimum atomic E-state index is -0.0673. The summed E-state index contributed by atoms with van der Waals surface area (Å²) in [5.74, 6) is 0.807. The molecule has 1 amide bonds. The summed E-state index contributed by atoms with van der Waals surface area (Å²) < 4.78 is 7.22. The van der Waals surface area contributed by atoms with Crippen LogP contribution in [0.1, 0.15) is 31.0 Å². The van der Waals surface area contributed by atoms with Crippen molar-refractivity contribution in [2.75, 3.05) is 6.61 Å². The van der Waals surface area contributed by atoms with E-state index in [1.54, 1.807) is 10.9 Å². The van der Waals surface area contributed by atoms with Crippen LogP contribution in [-0.2, 0) is 11.2 Å². The van der Waals surface area contributed by atoms with Crippen LogP contribution < -0.4 is 10.1 Å². The van der Waals surface area contributed by atoms with E-state index in [1.165, 1.54) is 0 Å². The number of rotatable bonds is 7. The van der Waals surface area contributed by atoms with Crippen LogP contribution in [0.15, 0.2) is 67.0 Å². The molecule has 1 unspecified atom stereocenters. The highest BCUT2D eigenvalue weighted by Crippen LogP contribution is 2.18. The fourth-order valence-corrected chi connectivity index (χ4v) is 2.75. The van der Waals surface area contributed by atoms with Gasteiger partial charge in [0.2, 0.25) is 5.91 Å². The van der Waals surface area contributed by atoms with Gasteiger partial charge in [-0.25, -0.2) is 4.68 Å². The van der Waals surface area contributed by atoms with Gasteiger partial charge in [-0.2, -0.15) is 5.10 Å². The van der Waals surface area contributed by atoms with Gasteiger partial charge in [0.1, 0.15) is 5.75 Å². The van der Waals surface area contributed by atoms with Crippen molar-refractivity contribution in [2.24, 2.45) is 0 Å². The standard InChI is InChI=1S/C21H23N3O2/c1-3-26-20-11-9-18(10-12-20)16(2)23-21(25)13-17-14-22-24(15-17)19-7-5-4-6-8-19/h4-12,14-16H,3,13H2,1-2H3,(H,23,25). The summed E-state index contributed by atoms with van der Waals surface area (Å²) in [7, 11) is 0. The number of carbonyl (C=O) groups is 1. The van der Waals surface area contributed by atoms with Crippen molar-refractivity contribution in [2.45, 2.75) is 26.3 Å². The maximum Gasteiger partial charge on any atom is 0.225 e. The maximum absolute atomic E-state index is 12.3. The molecule has 2 aromatic carbocycles. The summed E-state index contributed by atoms with van der Waals surface area (Å²) in [5.41, 5.74) is 2.90. The van der Waals surface area contributed by atoms with E-state index in [4.69, 9.17) is 4.74 Å². The number of benzene rings is 2. The fraction of sp³-hybridized carbons (Fsp3) is 0.238. The first kappa shape index (κ1) is 17.7. The molecule has 1 atom stereocenters. The molecule has 3 rings (SSSR count). The SMILES string of the molecule is CCOc1ccc(C(C)NC(=O)Cc2cnn(-c3ccccc3)c2)cc1. The smallest absolute Gasteiger partial charge is 0.225 e. The van der Waals surface area contributed by atoms with Gasteiger partial charge in [0.15, 0.2) is 0 Å². The van der Waals surface area contributed by atoms with Crippen LogP contribution in [0.25, 0.3) is 5.69 Å². The van der Waals surface area contributed by atoms with E-state index in [0.717, 1.165) is 22.6 Å². The molecule has 5 nitrogen and oxygen atoms in total. The highest BCUT2D eigenvalue weighted by molar-refractivity contribution is 5.78. The van der Waals surface area contributed by atoms with E-state index >= 15 is 0 Å². The van der Waals surface area contributed by atoms with Crippen LogP contribution in [-0.4, -0.2) is 22.3 Å². The molecule has 1 aromatic heterocycles. The third-order valence-electron chi connectivity index (χ3n) is 4.09. The van der Waals surface area contributed by atoms with E-state index in [1.807, 2.05) is 74.6 Å². The van der Waals surface area contributed by atoms with Gasteiger partial charge in [0.05, 0.1) is 31.0 Å². The zero-order chi connectivity index (χ0) is 18.4. The Morgan fingerprint density at radius 1 is 1.15 bits per heavy atom. The van der Waals surface area contributed by atoms with Gasteiger partial charge in [-0.15, -0.1) is 0 Å². The van der Waals surface area contributed by atoms with Gasteiger partial charge in [-0.05, 0) is 49.2 Å². The average molecular weight is 349 g/mol. The van der Waals surface area contributed by atoms with Gasteiger partial charge in [0, 0.05) is 6.20 Å². The minimum Gasteiger partial charge on any atom is -0.494 e. The molecule has 0 radical (unpaired) electrons. The van der Waals surface area contributed by atoms with Crippen molar-refractivity contribution in [3.05, 3.63) is 78.1 Å². The van der Waals surface area contributed by atoms with Crippen LogP contribution in [0.4, 0.5) is 0 Å². The van der Waals surface area contributed by atoms with Crippen molar-refractivity contribution in [1.29, 1.82) is 0 Å². The normalized spacial score (nSPS) is 11.8. The van der Waals surface area contributed by atoms with Crippen molar-refractivity contribution >= 4 is 5.91 Å². The Kier molecular flexibility index (Phi) is 5.69. The molecule has 0 aliphatic carbocycles. The van der Waals surface area contributed by atoms with E-state index in [9.17, 15) is 4.79 Å². The van der Waals surface area contributed by atoms with Gasteiger partial charge >= 0.3 is 0 Å². The Morgan fingerprint density at radius 3 is 2.58 bits per heavy atom. The molecule has 0 fully saturated rings. The van der Waals surface area contributed by atoms with Crippen LogP contribution in [0.5, 0.6) is 5.75 Å². The van der Waals surface area contributed by atoms with Crippen LogP contribution in [0.3, 0.4) is 0 Å². The molecule has 0 bridgehead atoms. The Labute approximate surface area is 153 Å². The Balaban J connectivity index is 1.57. The Bertz CT molecular complexity index is 841. The number of hydrogen-bond acceptors (Lipinski definition) is 3. The monoisotopic (exact) mass is 349 g/mol. The number of para-hydroxylation sites is 1. The average Bonchev–Trinajstić information content (AvgIpc) is 3.11. The van der Waals surface area contributed by atoms with Gasteiger partial charge in [-0.1, -0.05) is 30.3 Å². The maximum atomic E-state index is 12.3. The van der Waals surface area contributed by atoms with Gasteiger partial charge in [0.25, 0.3) is 0 Å². The number of amides is 1. The van der Waals surface area contributed by atoms with Crippen molar-refractivity contribution < 1.29 is 9.53 Å². The second-order valence-corrected chi connectivity index (χ2v) is 6.10. The second-order valence-electron chi connectivity index (χ2n) is 6.10. The lowest BCUT2D eigenvalue weighted by atomic mass is 10.1. The lowest BCUT2D eigenvalue weighted by Crippen LogP contribution is -2.27. The molecule has 134 valence electrons. The summed E-state index contributed by atoms with van der Waals surface area (Å²) >= 11 is 0. The molecule has 0 aliphatic rings. The van der Waals surface area contributed by atoms with Crippen LogP contribution in [0.2, 0.25) is 0 Å². The lowest BCUT2D eigenvalue weighted by molar-refractivity contribution is -0.121. The number of nitrogens with one attached hydrogen (secondary N) is 1.